The van der Waals surface area contributed by atoms with E-state index in [0.29, 0.717) is 5.92 Å². The Morgan fingerprint density at radius 1 is 1.21 bits per heavy atom. The molecule has 4 fully saturated rings. The summed E-state index contributed by atoms with van der Waals surface area (Å²) in [6.07, 6.45) is 9.11. The molecule has 1 heterocycles. The number of nitrogens with two attached hydrogens (primary N) is 1. The number of halogens is 1. The summed E-state index contributed by atoms with van der Waals surface area (Å²) in [6, 6.07) is 0.150. The molecule has 0 aliphatic heterocycles. The van der Waals surface area contributed by atoms with Crippen LogP contribution in [0.15, 0.2) is 10.7 Å². The third-order valence-electron chi connectivity index (χ3n) is 5.97. The second-order valence-electron chi connectivity index (χ2n) is 7.04. The largest absolute Gasteiger partial charge is 0.322 e. The third-order valence-corrected chi connectivity index (χ3v) is 6.58. The van der Waals surface area contributed by atoms with E-state index in [2.05, 4.69) is 21.0 Å². The summed E-state index contributed by atoms with van der Waals surface area (Å²) in [5, 5.41) is 4.34. The Kier molecular flexibility index (Phi) is 2.82. The van der Waals surface area contributed by atoms with E-state index in [0.717, 1.165) is 28.1 Å². The van der Waals surface area contributed by atoms with Gasteiger partial charge in [0.1, 0.15) is 0 Å². The molecular weight excluding hydrogens is 302 g/mol. The number of hydrogen-bond acceptors (Lipinski definition) is 2. The lowest BCUT2D eigenvalue weighted by Gasteiger charge is -2.56. The van der Waals surface area contributed by atoms with Gasteiger partial charge in [0.15, 0.2) is 0 Å². The Balaban J connectivity index is 1.66. The second-order valence-corrected chi connectivity index (χ2v) is 7.89. The summed E-state index contributed by atoms with van der Waals surface area (Å²) in [5.74, 6) is 4.45. The standard InChI is InChI=1S/C15H22BrN3/c1-19-15(12(16)7-18-19)14(17)13-10-3-8-2-9(5-10)6-11(13)4-8/h7-11,13-14H,2-6,17H2,1H3. The molecule has 0 amide bonds. The Morgan fingerprint density at radius 3 is 2.26 bits per heavy atom. The first-order chi connectivity index (χ1) is 9.13. The number of rotatable bonds is 2. The van der Waals surface area contributed by atoms with Gasteiger partial charge in [-0.2, -0.15) is 5.10 Å². The van der Waals surface area contributed by atoms with Crippen LogP contribution in [0.1, 0.15) is 43.8 Å². The van der Waals surface area contributed by atoms with E-state index in [1.54, 1.807) is 0 Å². The van der Waals surface area contributed by atoms with Gasteiger partial charge in [0.05, 0.1) is 22.4 Å². The molecule has 1 aromatic rings. The molecule has 1 atom stereocenters. The van der Waals surface area contributed by atoms with Gasteiger partial charge >= 0.3 is 0 Å². The third kappa shape index (κ3) is 1.83. The lowest BCUT2D eigenvalue weighted by atomic mass is 9.50. The normalized spacial score (nSPS) is 41.7. The fraction of sp³-hybridized carbons (Fsp3) is 0.800. The molecule has 2 N–H and O–H groups in total. The van der Waals surface area contributed by atoms with Crippen LogP contribution in [0, 0.1) is 29.6 Å². The number of nitrogens with zero attached hydrogens (tertiary/aromatic N) is 2. The van der Waals surface area contributed by atoms with Crippen LogP contribution in [0.5, 0.6) is 0 Å². The molecular formula is C15H22BrN3. The minimum atomic E-state index is 0.150. The summed E-state index contributed by atoms with van der Waals surface area (Å²) in [4.78, 5) is 0. The fourth-order valence-electron chi connectivity index (χ4n) is 5.53. The van der Waals surface area contributed by atoms with Gasteiger partial charge < -0.3 is 5.73 Å². The maximum Gasteiger partial charge on any atom is 0.0693 e. The Bertz CT molecular complexity index is 448. The number of aromatic nitrogens is 2. The van der Waals surface area contributed by atoms with Gasteiger partial charge in [0.25, 0.3) is 0 Å². The molecule has 5 rings (SSSR count). The molecule has 19 heavy (non-hydrogen) atoms. The lowest BCUT2D eigenvalue weighted by molar-refractivity contribution is -0.0481. The van der Waals surface area contributed by atoms with Crippen LogP contribution in [0.4, 0.5) is 0 Å². The SMILES string of the molecule is Cn1ncc(Br)c1C(N)C1C2CC3CC(C2)CC1C3. The first-order valence-electron chi connectivity index (χ1n) is 7.56. The molecule has 0 aromatic carbocycles. The highest BCUT2D eigenvalue weighted by molar-refractivity contribution is 9.10. The topological polar surface area (TPSA) is 43.8 Å². The van der Waals surface area contributed by atoms with Crippen LogP contribution in [0.25, 0.3) is 0 Å². The zero-order valence-corrected chi connectivity index (χ0v) is 13.0. The molecule has 104 valence electrons. The molecule has 0 spiro atoms. The van der Waals surface area contributed by atoms with E-state index in [9.17, 15) is 0 Å². The van der Waals surface area contributed by atoms with Gasteiger partial charge in [-0.3, -0.25) is 4.68 Å². The van der Waals surface area contributed by atoms with Crippen molar-refractivity contribution in [2.45, 2.75) is 38.1 Å². The van der Waals surface area contributed by atoms with Gasteiger partial charge in [0.2, 0.25) is 0 Å². The van der Waals surface area contributed by atoms with E-state index in [1.165, 1.54) is 37.8 Å². The predicted molar refractivity (Wildman–Crippen MR) is 78.4 cm³/mol. The first kappa shape index (κ1) is 12.4. The molecule has 1 aromatic heterocycles. The van der Waals surface area contributed by atoms with Crippen LogP contribution in [0.3, 0.4) is 0 Å². The van der Waals surface area contributed by atoms with Gasteiger partial charge in [0, 0.05) is 7.05 Å². The van der Waals surface area contributed by atoms with Crippen molar-refractivity contribution in [3.8, 4) is 0 Å². The quantitative estimate of drug-likeness (QED) is 0.907. The van der Waals surface area contributed by atoms with Gasteiger partial charge in [-0.25, -0.2) is 0 Å². The van der Waals surface area contributed by atoms with Crippen LogP contribution < -0.4 is 5.73 Å². The molecule has 0 radical (unpaired) electrons. The smallest absolute Gasteiger partial charge is 0.0693 e. The van der Waals surface area contributed by atoms with Crippen LogP contribution >= 0.6 is 15.9 Å². The maximum absolute atomic E-state index is 6.68. The van der Waals surface area contributed by atoms with Gasteiger partial charge in [-0.15, -0.1) is 0 Å². The summed E-state index contributed by atoms with van der Waals surface area (Å²) in [5.41, 5.74) is 7.87. The summed E-state index contributed by atoms with van der Waals surface area (Å²) < 4.78 is 3.04. The van der Waals surface area contributed by atoms with Crippen LogP contribution in [0.2, 0.25) is 0 Å². The van der Waals surface area contributed by atoms with Crippen molar-refractivity contribution < 1.29 is 0 Å². The van der Waals surface area contributed by atoms with Gasteiger partial charge in [-0.1, -0.05) is 0 Å². The molecule has 0 saturated heterocycles. The number of hydrogen-bond donors (Lipinski definition) is 1. The molecule has 4 heteroatoms. The Hall–Kier alpha value is -0.350. The van der Waals surface area contributed by atoms with E-state index < -0.39 is 0 Å². The van der Waals surface area contributed by atoms with Crippen LogP contribution in [-0.2, 0) is 7.05 Å². The zero-order valence-electron chi connectivity index (χ0n) is 11.4. The monoisotopic (exact) mass is 323 g/mol. The number of aryl methyl sites for hydroxylation is 1. The highest BCUT2D eigenvalue weighted by Crippen LogP contribution is 2.59. The minimum absolute atomic E-state index is 0.150. The predicted octanol–water partition coefficient (Wildman–Crippen LogP) is 3.25. The fourth-order valence-corrected chi connectivity index (χ4v) is 6.14. The Labute approximate surface area is 123 Å². The zero-order chi connectivity index (χ0) is 13.1. The second kappa shape index (κ2) is 4.32. The molecule has 4 aliphatic carbocycles. The molecule has 4 aliphatic rings. The van der Waals surface area contributed by atoms with Crippen molar-refractivity contribution in [3.63, 3.8) is 0 Å². The van der Waals surface area contributed by atoms with E-state index in [-0.39, 0.29) is 6.04 Å². The van der Waals surface area contributed by atoms with Crippen molar-refractivity contribution in [1.29, 1.82) is 0 Å². The minimum Gasteiger partial charge on any atom is -0.322 e. The van der Waals surface area contributed by atoms with Gasteiger partial charge in [-0.05, 0) is 77.6 Å². The van der Waals surface area contributed by atoms with E-state index in [4.69, 9.17) is 5.73 Å². The summed E-state index contributed by atoms with van der Waals surface area (Å²) >= 11 is 3.62. The average molecular weight is 324 g/mol. The van der Waals surface area contributed by atoms with Crippen molar-refractivity contribution in [3.05, 3.63) is 16.4 Å². The summed E-state index contributed by atoms with van der Waals surface area (Å²) in [6.45, 7) is 0. The maximum atomic E-state index is 6.68. The molecule has 4 saturated carbocycles. The van der Waals surface area contributed by atoms with E-state index in [1.807, 2.05) is 17.9 Å². The Morgan fingerprint density at radius 2 is 1.79 bits per heavy atom. The van der Waals surface area contributed by atoms with Crippen molar-refractivity contribution in [2.24, 2.45) is 42.4 Å². The molecule has 1 unspecified atom stereocenters. The first-order valence-corrected chi connectivity index (χ1v) is 8.35. The van der Waals surface area contributed by atoms with Crippen molar-refractivity contribution >= 4 is 15.9 Å². The van der Waals surface area contributed by atoms with Crippen molar-refractivity contribution in [1.82, 2.24) is 9.78 Å². The highest BCUT2D eigenvalue weighted by atomic mass is 79.9. The average Bonchev–Trinajstić information content (AvgIpc) is 2.67. The van der Waals surface area contributed by atoms with Crippen LogP contribution in [-0.4, -0.2) is 9.78 Å². The molecule has 4 bridgehead atoms. The van der Waals surface area contributed by atoms with E-state index >= 15 is 0 Å². The summed E-state index contributed by atoms with van der Waals surface area (Å²) in [7, 11) is 2.01. The van der Waals surface area contributed by atoms with Crippen molar-refractivity contribution in [2.75, 3.05) is 0 Å². The molecule has 3 nitrogen and oxygen atoms in total. The lowest BCUT2D eigenvalue weighted by Crippen LogP contribution is -2.49. The highest BCUT2D eigenvalue weighted by Gasteiger charge is 2.50.